The number of amides is 2. The number of para-hydroxylation sites is 1. The van der Waals surface area contributed by atoms with Crippen LogP contribution in [0.2, 0.25) is 0 Å². The Morgan fingerprint density at radius 1 is 1.12 bits per heavy atom. The van der Waals surface area contributed by atoms with Crippen molar-refractivity contribution < 1.29 is 32.7 Å². The van der Waals surface area contributed by atoms with Crippen molar-refractivity contribution in [3.05, 3.63) is 59.8 Å². The number of nitrogens with zero attached hydrogens (tertiary/aromatic N) is 4. The van der Waals surface area contributed by atoms with E-state index in [1.54, 1.807) is 36.3 Å². The van der Waals surface area contributed by atoms with E-state index in [1.807, 2.05) is 29.8 Å². The standard InChI is InChI=1S/C27H34N4O5S.CH3NO2.ClH/c1-28(13-14-29-15-17-36-18-16-29)27(32)20-31-25-6-4-3-5-23(25)24-11-12-30(19-26(24)31)37(33,34)22-9-7-21(35-2)8-10-22;3-1-2-4;/h3-10H,11-20H2,1-2H3;1,4H,(H,2,3);1H. The number of halogens is 1. The van der Waals surface area contributed by atoms with Crippen LogP contribution in [-0.4, -0.2) is 105 Å². The van der Waals surface area contributed by atoms with Gasteiger partial charge in [-0.05, 0) is 42.3 Å². The summed E-state index contributed by atoms with van der Waals surface area (Å²) in [5.74, 6) is 0.614. The Morgan fingerprint density at radius 2 is 1.79 bits per heavy atom. The molecule has 3 heterocycles. The molecule has 0 radical (unpaired) electrons. The number of hydrogen-bond donors (Lipinski definition) is 2. The summed E-state index contributed by atoms with van der Waals surface area (Å²) in [6, 6.07) is 14.5. The minimum atomic E-state index is -3.70. The normalized spacial score (nSPS) is 15.5. The molecule has 2 aliphatic rings. The highest BCUT2D eigenvalue weighted by Crippen LogP contribution is 2.33. The number of hydroxylamine groups is 1. The number of likely N-dealkylation sites (N-methyl/N-ethyl adjacent to an activating group) is 1. The van der Waals surface area contributed by atoms with Crippen LogP contribution in [-0.2, 0) is 43.9 Å². The maximum absolute atomic E-state index is 13.5. The van der Waals surface area contributed by atoms with Crippen LogP contribution in [0.15, 0.2) is 53.4 Å². The molecule has 1 aromatic heterocycles. The van der Waals surface area contributed by atoms with E-state index in [2.05, 4.69) is 11.0 Å². The van der Waals surface area contributed by atoms with E-state index in [0.717, 1.165) is 55.0 Å². The Bertz CT molecular complexity index is 1440. The van der Waals surface area contributed by atoms with Gasteiger partial charge in [-0.25, -0.2) is 13.9 Å². The lowest BCUT2D eigenvalue weighted by Gasteiger charge is -2.29. The monoisotopic (exact) mass is 623 g/mol. The quantitative estimate of drug-likeness (QED) is 0.209. The largest absolute Gasteiger partial charge is 0.497 e. The summed E-state index contributed by atoms with van der Waals surface area (Å²) in [4.78, 5) is 26.4. The Labute approximate surface area is 252 Å². The molecule has 0 spiro atoms. The van der Waals surface area contributed by atoms with E-state index >= 15 is 0 Å². The van der Waals surface area contributed by atoms with Gasteiger partial charge in [0.15, 0.2) is 0 Å². The number of benzene rings is 2. The van der Waals surface area contributed by atoms with E-state index in [4.69, 9.17) is 19.5 Å². The molecule has 230 valence electrons. The van der Waals surface area contributed by atoms with Gasteiger partial charge >= 0.3 is 0 Å². The molecule has 0 aliphatic carbocycles. The summed E-state index contributed by atoms with van der Waals surface area (Å²) in [5, 5.41) is 8.34. The summed E-state index contributed by atoms with van der Waals surface area (Å²) < 4.78 is 41.1. The highest BCUT2D eigenvalue weighted by atomic mass is 35.5. The number of sulfonamides is 1. The first-order valence-corrected chi connectivity index (χ1v) is 14.8. The van der Waals surface area contributed by atoms with Crippen molar-refractivity contribution in [1.82, 2.24) is 24.2 Å². The number of fused-ring (bicyclic) bond motifs is 3. The second kappa shape index (κ2) is 15.3. The molecular weight excluding hydrogens is 586 g/mol. The van der Waals surface area contributed by atoms with Crippen molar-refractivity contribution in [2.24, 2.45) is 0 Å². The zero-order chi connectivity index (χ0) is 29.4. The average molecular weight is 624 g/mol. The number of nitrogens with one attached hydrogen (secondary N) is 1. The fourth-order valence-corrected chi connectivity index (χ4v) is 6.55. The van der Waals surface area contributed by atoms with Crippen molar-refractivity contribution in [2.75, 3.05) is 60.1 Å². The molecular formula is C28H38ClN5O7S. The molecule has 1 saturated heterocycles. The Morgan fingerprint density at radius 3 is 2.43 bits per heavy atom. The van der Waals surface area contributed by atoms with Crippen molar-refractivity contribution in [3.8, 4) is 5.75 Å². The number of ether oxygens (including phenoxy) is 2. The number of carbonyl (C=O) groups is 2. The molecule has 2 aromatic carbocycles. The molecule has 2 aliphatic heterocycles. The van der Waals surface area contributed by atoms with E-state index in [0.29, 0.717) is 25.3 Å². The summed E-state index contributed by atoms with van der Waals surface area (Å²) >= 11 is 0. The van der Waals surface area contributed by atoms with Gasteiger partial charge in [-0.15, -0.1) is 12.4 Å². The summed E-state index contributed by atoms with van der Waals surface area (Å²) in [5.41, 5.74) is 4.23. The number of rotatable bonds is 9. The molecule has 1 fully saturated rings. The smallest absolute Gasteiger partial charge is 0.243 e. The number of morpholine rings is 1. The van der Waals surface area contributed by atoms with Crippen LogP contribution in [0.3, 0.4) is 0 Å². The summed E-state index contributed by atoms with van der Waals surface area (Å²) in [6.07, 6.45) is 0.777. The maximum Gasteiger partial charge on any atom is 0.243 e. The van der Waals surface area contributed by atoms with Crippen LogP contribution in [0.4, 0.5) is 0 Å². The molecule has 2 amide bonds. The van der Waals surface area contributed by atoms with E-state index in [9.17, 15) is 13.2 Å². The van der Waals surface area contributed by atoms with Gasteiger partial charge in [0.2, 0.25) is 22.3 Å². The van der Waals surface area contributed by atoms with Crippen LogP contribution in [0.1, 0.15) is 11.3 Å². The van der Waals surface area contributed by atoms with Crippen LogP contribution < -0.4 is 10.2 Å². The highest BCUT2D eigenvalue weighted by molar-refractivity contribution is 7.89. The lowest BCUT2D eigenvalue weighted by Crippen LogP contribution is -2.42. The highest BCUT2D eigenvalue weighted by Gasteiger charge is 2.32. The molecule has 0 saturated carbocycles. The zero-order valence-electron chi connectivity index (χ0n) is 23.8. The first-order chi connectivity index (χ1) is 19.8. The van der Waals surface area contributed by atoms with Gasteiger partial charge in [-0.1, -0.05) is 18.2 Å². The van der Waals surface area contributed by atoms with Gasteiger partial charge in [-0.3, -0.25) is 19.7 Å². The number of aromatic nitrogens is 1. The van der Waals surface area contributed by atoms with Gasteiger partial charge in [0.25, 0.3) is 0 Å². The van der Waals surface area contributed by atoms with Gasteiger partial charge < -0.3 is 18.9 Å². The fraction of sp³-hybridized carbons (Fsp3) is 0.429. The Kier molecular flexibility index (Phi) is 12.2. The van der Waals surface area contributed by atoms with Crippen molar-refractivity contribution >= 4 is 45.7 Å². The van der Waals surface area contributed by atoms with E-state index in [-0.39, 0.29) is 42.7 Å². The third kappa shape index (κ3) is 7.60. The number of carbonyl (C=O) groups excluding carboxylic acids is 2. The Balaban J connectivity index is 0.000000911. The molecule has 0 bridgehead atoms. The third-order valence-corrected chi connectivity index (χ3v) is 9.32. The first-order valence-electron chi connectivity index (χ1n) is 13.4. The topological polar surface area (TPSA) is 134 Å². The number of hydrogen-bond acceptors (Lipinski definition) is 8. The molecule has 2 N–H and O–H groups in total. The van der Waals surface area contributed by atoms with Crippen LogP contribution in [0, 0.1) is 0 Å². The van der Waals surface area contributed by atoms with Gasteiger partial charge in [-0.2, -0.15) is 4.31 Å². The molecule has 0 atom stereocenters. The predicted molar refractivity (Wildman–Crippen MR) is 159 cm³/mol. The average Bonchev–Trinajstić information content (AvgIpc) is 3.33. The van der Waals surface area contributed by atoms with Crippen molar-refractivity contribution in [3.63, 3.8) is 0 Å². The molecule has 0 unspecified atom stereocenters. The van der Waals surface area contributed by atoms with E-state index in [1.165, 1.54) is 9.79 Å². The second-order valence-electron chi connectivity index (χ2n) is 9.81. The zero-order valence-corrected chi connectivity index (χ0v) is 25.4. The molecule has 12 nitrogen and oxygen atoms in total. The lowest BCUT2D eigenvalue weighted by molar-refractivity contribution is -0.130. The Hall–Kier alpha value is -3.20. The second-order valence-corrected chi connectivity index (χ2v) is 11.7. The predicted octanol–water partition coefficient (Wildman–Crippen LogP) is 1.73. The molecule has 3 aromatic rings. The van der Waals surface area contributed by atoms with E-state index < -0.39 is 10.0 Å². The van der Waals surface area contributed by atoms with Crippen LogP contribution in [0.25, 0.3) is 10.9 Å². The first kappa shape index (κ1) is 33.3. The summed E-state index contributed by atoms with van der Waals surface area (Å²) in [6.45, 7) is 5.47. The van der Waals surface area contributed by atoms with Crippen LogP contribution >= 0.6 is 12.4 Å². The molecule has 42 heavy (non-hydrogen) atoms. The fourth-order valence-electron chi connectivity index (χ4n) is 5.15. The van der Waals surface area contributed by atoms with Gasteiger partial charge in [0.1, 0.15) is 12.3 Å². The molecule has 5 rings (SSSR count). The maximum atomic E-state index is 13.5. The minimum absolute atomic E-state index is 0. The van der Waals surface area contributed by atoms with Crippen molar-refractivity contribution in [1.29, 1.82) is 0 Å². The lowest BCUT2D eigenvalue weighted by atomic mass is 10.0. The van der Waals surface area contributed by atoms with Crippen LogP contribution in [0.5, 0.6) is 5.75 Å². The van der Waals surface area contributed by atoms with Gasteiger partial charge in [0, 0.05) is 56.4 Å². The third-order valence-electron chi connectivity index (χ3n) is 7.46. The SMILES string of the molecule is COc1ccc(S(=O)(=O)N2CCc3c(n(CC(=O)N(C)CCN4CCOCC4)c4ccccc34)C2)cc1.Cl.O=CNO. The molecule has 14 heteroatoms. The van der Waals surface area contributed by atoms with Gasteiger partial charge in [0.05, 0.1) is 31.8 Å². The minimum Gasteiger partial charge on any atom is -0.497 e. The summed E-state index contributed by atoms with van der Waals surface area (Å²) in [7, 11) is -0.310. The van der Waals surface area contributed by atoms with Crippen molar-refractivity contribution in [2.45, 2.75) is 24.4 Å². The number of methoxy groups -OCH3 is 1.